The van der Waals surface area contributed by atoms with E-state index in [0.717, 1.165) is 17.7 Å². The van der Waals surface area contributed by atoms with Gasteiger partial charge in [0.15, 0.2) is 0 Å². The molecule has 3 rings (SSSR count). The van der Waals surface area contributed by atoms with E-state index in [1.165, 1.54) is 37.9 Å². The Bertz CT molecular complexity index is 407. The molecule has 104 valence electrons. The highest BCUT2D eigenvalue weighted by Gasteiger charge is 2.30. The molecule has 1 aliphatic carbocycles. The van der Waals surface area contributed by atoms with Gasteiger partial charge in [-0.05, 0) is 55.0 Å². The van der Waals surface area contributed by atoms with E-state index < -0.39 is 0 Å². The zero-order chi connectivity index (χ0) is 13.1. The number of thioether (sulfide) groups is 1. The zero-order valence-electron chi connectivity index (χ0n) is 11.9. The van der Waals surface area contributed by atoms with Crippen LogP contribution in [-0.2, 0) is 0 Å². The zero-order valence-corrected chi connectivity index (χ0v) is 12.7. The maximum Gasteiger partial charge on any atom is 0.0443 e. The molecule has 1 saturated carbocycles. The van der Waals surface area contributed by atoms with Crippen LogP contribution >= 0.6 is 11.8 Å². The fraction of sp³-hybridized carbons (Fsp3) is 0.647. The van der Waals surface area contributed by atoms with Crippen LogP contribution in [0.2, 0.25) is 0 Å². The number of benzene rings is 1. The summed E-state index contributed by atoms with van der Waals surface area (Å²) in [5.41, 5.74) is 3.22. The fourth-order valence-corrected chi connectivity index (χ4v) is 4.82. The minimum atomic E-state index is 0.564. The van der Waals surface area contributed by atoms with E-state index in [0.29, 0.717) is 6.04 Å². The van der Waals surface area contributed by atoms with Crippen LogP contribution in [0, 0.1) is 0 Å². The van der Waals surface area contributed by atoms with Crippen LogP contribution in [-0.4, -0.2) is 17.5 Å². The SMILES string of the molecule is CCNC(c1ccccc1C1CCC1)C1CCCS1. The van der Waals surface area contributed by atoms with Gasteiger partial charge in [0.1, 0.15) is 0 Å². The maximum absolute atomic E-state index is 3.76. The van der Waals surface area contributed by atoms with Crippen LogP contribution < -0.4 is 5.32 Å². The molecule has 2 aliphatic rings. The maximum atomic E-state index is 3.76. The Labute approximate surface area is 121 Å². The summed E-state index contributed by atoms with van der Waals surface area (Å²) in [5.74, 6) is 2.18. The number of hydrogen-bond donors (Lipinski definition) is 1. The van der Waals surface area contributed by atoms with Crippen LogP contribution in [0.5, 0.6) is 0 Å². The molecular formula is C17H25NS. The fourth-order valence-electron chi connectivity index (χ4n) is 3.41. The molecule has 1 saturated heterocycles. The van der Waals surface area contributed by atoms with Crippen LogP contribution in [0.3, 0.4) is 0 Å². The highest BCUT2D eigenvalue weighted by atomic mass is 32.2. The van der Waals surface area contributed by atoms with Crippen LogP contribution in [0.4, 0.5) is 0 Å². The minimum absolute atomic E-state index is 0.564. The molecule has 0 aromatic heterocycles. The Morgan fingerprint density at radius 1 is 1.21 bits per heavy atom. The average Bonchev–Trinajstić information content (AvgIpc) is 2.88. The second kappa shape index (κ2) is 6.32. The lowest BCUT2D eigenvalue weighted by Gasteiger charge is -2.32. The van der Waals surface area contributed by atoms with Gasteiger partial charge in [-0.25, -0.2) is 0 Å². The lowest BCUT2D eigenvalue weighted by molar-refractivity contribution is 0.410. The van der Waals surface area contributed by atoms with Crippen molar-refractivity contribution in [2.24, 2.45) is 0 Å². The second-order valence-corrected chi connectivity index (χ2v) is 7.19. The molecule has 2 atom stereocenters. The Morgan fingerprint density at radius 2 is 2.05 bits per heavy atom. The van der Waals surface area contributed by atoms with Crippen molar-refractivity contribution in [3.05, 3.63) is 35.4 Å². The van der Waals surface area contributed by atoms with E-state index >= 15 is 0 Å². The van der Waals surface area contributed by atoms with Gasteiger partial charge >= 0.3 is 0 Å². The van der Waals surface area contributed by atoms with Gasteiger partial charge in [0, 0.05) is 11.3 Å². The van der Waals surface area contributed by atoms with Crippen molar-refractivity contribution >= 4 is 11.8 Å². The van der Waals surface area contributed by atoms with Crippen molar-refractivity contribution in [3.8, 4) is 0 Å². The third-order valence-electron chi connectivity index (χ3n) is 4.64. The molecular weight excluding hydrogens is 250 g/mol. The van der Waals surface area contributed by atoms with Crippen LogP contribution in [0.25, 0.3) is 0 Å². The molecule has 0 spiro atoms. The van der Waals surface area contributed by atoms with Gasteiger partial charge < -0.3 is 5.32 Å². The third kappa shape index (κ3) is 2.85. The summed E-state index contributed by atoms with van der Waals surface area (Å²) in [5, 5.41) is 4.54. The highest BCUT2D eigenvalue weighted by molar-refractivity contribution is 8.00. The molecule has 0 radical (unpaired) electrons. The molecule has 2 unspecified atom stereocenters. The van der Waals surface area contributed by atoms with E-state index in [1.807, 2.05) is 0 Å². The quantitative estimate of drug-likeness (QED) is 0.849. The van der Waals surface area contributed by atoms with Gasteiger partial charge in [-0.3, -0.25) is 0 Å². The summed E-state index contributed by atoms with van der Waals surface area (Å²) in [6.45, 7) is 3.30. The first-order valence-electron chi connectivity index (χ1n) is 7.84. The van der Waals surface area contributed by atoms with Crippen molar-refractivity contribution < 1.29 is 0 Å². The lowest BCUT2D eigenvalue weighted by atomic mass is 9.76. The Kier molecular flexibility index (Phi) is 4.49. The molecule has 1 aliphatic heterocycles. The van der Waals surface area contributed by atoms with Crippen LogP contribution in [0.15, 0.2) is 24.3 Å². The topological polar surface area (TPSA) is 12.0 Å². The van der Waals surface area contributed by atoms with E-state index in [2.05, 4.69) is 48.3 Å². The Morgan fingerprint density at radius 3 is 2.68 bits per heavy atom. The third-order valence-corrected chi connectivity index (χ3v) is 6.10. The first kappa shape index (κ1) is 13.5. The lowest BCUT2D eigenvalue weighted by Crippen LogP contribution is -2.30. The predicted octanol–water partition coefficient (Wildman–Crippen LogP) is 4.50. The summed E-state index contributed by atoms with van der Waals surface area (Å²) in [6.07, 6.45) is 6.98. The summed E-state index contributed by atoms with van der Waals surface area (Å²) < 4.78 is 0. The first-order chi connectivity index (χ1) is 9.40. The molecule has 2 fully saturated rings. The Balaban J connectivity index is 1.87. The van der Waals surface area contributed by atoms with Crippen molar-refractivity contribution in [1.29, 1.82) is 0 Å². The average molecular weight is 275 g/mol. The number of rotatable bonds is 5. The monoisotopic (exact) mass is 275 g/mol. The summed E-state index contributed by atoms with van der Waals surface area (Å²) >= 11 is 2.17. The Hall–Kier alpha value is -0.470. The molecule has 2 heteroatoms. The van der Waals surface area contributed by atoms with Crippen molar-refractivity contribution in [2.75, 3.05) is 12.3 Å². The minimum Gasteiger partial charge on any atom is -0.309 e. The number of hydrogen-bond acceptors (Lipinski definition) is 2. The molecule has 1 heterocycles. The van der Waals surface area contributed by atoms with Crippen molar-refractivity contribution in [1.82, 2.24) is 5.32 Å². The van der Waals surface area contributed by atoms with E-state index in [9.17, 15) is 0 Å². The number of nitrogens with one attached hydrogen (secondary N) is 1. The summed E-state index contributed by atoms with van der Waals surface area (Å²) in [7, 11) is 0. The first-order valence-corrected chi connectivity index (χ1v) is 8.89. The summed E-state index contributed by atoms with van der Waals surface area (Å²) in [4.78, 5) is 0. The highest BCUT2D eigenvalue weighted by Crippen LogP contribution is 2.43. The molecule has 1 nitrogen and oxygen atoms in total. The standard InChI is InChI=1S/C17H25NS/c1-2-18-17(16-11-6-12-19-16)15-10-4-3-9-14(15)13-7-5-8-13/h3-4,9-10,13,16-18H,2,5-8,11-12H2,1H3. The molecule has 1 N–H and O–H groups in total. The molecule has 1 aromatic rings. The largest absolute Gasteiger partial charge is 0.309 e. The van der Waals surface area contributed by atoms with E-state index in [4.69, 9.17) is 0 Å². The van der Waals surface area contributed by atoms with Crippen LogP contribution in [0.1, 0.15) is 62.1 Å². The molecule has 0 amide bonds. The van der Waals surface area contributed by atoms with Gasteiger partial charge in [-0.15, -0.1) is 0 Å². The van der Waals surface area contributed by atoms with E-state index in [-0.39, 0.29) is 0 Å². The van der Waals surface area contributed by atoms with Gasteiger partial charge in [0.05, 0.1) is 0 Å². The summed E-state index contributed by atoms with van der Waals surface area (Å²) in [6, 6.07) is 9.76. The van der Waals surface area contributed by atoms with E-state index in [1.54, 1.807) is 11.1 Å². The molecule has 0 bridgehead atoms. The van der Waals surface area contributed by atoms with Gasteiger partial charge in [0.2, 0.25) is 0 Å². The smallest absolute Gasteiger partial charge is 0.0443 e. The molecule has 19 heavy (non-hydrogen) atoms. The van der Waals surface area contributed by atoms with Gasteiger partial charge in [0.25, 0.3) is 0 Å². The van der Waals surface area contributed by atoms with Crippen molar-refractivity contribution in [3.63, 3.8) is 0 Å². The van der Waals surface area contributed by atoms with Gasteiger partial charge in [-0.1, -0.05) is 37.6 Å². The molecule has 1 aromatic carbocycles. The second-order valence-electron chi connectivity index (χ2n) is 5.84. The predicted molar refractivity (Wildman–Crippen MR) is 84.9 cm³/mol. The normalized spacial score (nSPS) is 25.2. The van der Waals surface area contributed by atoms with Gasteiger partial charge in [-0.2, -0.15) is 11.8 Å². The van der Waals surface area contributed by atoms with Crippen molar-refractivity contribution in [2.45, 2.75) is 56.2 Å².